The van der Waals surface area contributed by atoms with Gasteiger partial charge < -0.3 is 14.8 Å². The van der Waals surface area contributed by atoms with E-state index in [9.17, 15) is 14.4 Å². The summed E-state index contributed by atoms with van der Waals surface area (Å²) in [6.45, 7) is 9.90. The molecular weight excluding hydrogens is 310 g/mol. The van der Waals surface area contributed by atoms with Gasteiger partial charge in [0.1, 0.15) is 0 Å². The fourth-order valence-electron chi connectivity index (χ4n) is 2.55. The molecule has 1 heterocycles. The first-order valence-corrected chi connectivity index (χ1v) is 8.67. The summed E-state index contributed by atoms with van der Waals surface area (Å²) in [5.41, 5.74) is 0. The van der Waals surface area contributed by atoms with Crippen molar-refractivity contribution in [1.29, 1.82) is 0 Å². The Morgan fingerprint density at radius 1 is 1.21 bits per heavy atom. The second-order valence-corrected chi connectivity index (χ2v) is 6.97. The van der Waals surface area contributed by atoms with Crippen LogP contribution in [-0.2, 0) is 23.9 Å². The molecule has 6 heteroatoms. The van der Waals surface area contributed by atoms with Crippen LogP contribution in [-0.4, -0.2) is 43.0 Å². The second-order valence-electron chi connectivity index (χ2n) is 6.97. The minimum absolute atomic E-state index is 0.0504. The first-order valence-electron chi connectivity index (χ1n) is 9.17. The molecule has 1 aliphatic rings. The summed E-state index contributed by atoms with van der Waals surface area (Å²) < 4.78 is 17.8. The van der Waals surface area contributed by atoms with E-state index in [2.05, 4.69) is 5.32 Å². The minimum atomic E-state index is -0.820. The van der Waals surface area contributed by atoms with Crippen molar-refractivity contribution in [3.8, 4) is 0 Å². The van der Waals surface area contributed by atoms with Gasteiger partial charge in [-0.15, -0.1) is 0 Å². The Kier molecular flexibility index (Phi) is 7.69. The van der Waals surface area contributed by atoms with E-state index >= 15 is 0 Å². The van der Waals surface area contributed by atoms with Gasteiger partial charge in [-0.1, -0.05) is 27.7 Å². The molecule has 0 aromatic carbocycles. The zero-order valence-electron chi connectivity index (χ0n) is 16.4. The first-order chi connectivity index (χ1) is 11.5. The summed E-state index contributed by atoms with van der Waals surface area (Å²) in [6, 6.07) is 0. The third-order valence-electron chi connectivity index (χ3n) is 3.83. The number of carbonyl (C=O) groups excluding carboxylic acids is 3. The lowest BCUT2D eigenvalue weighted by Gasteiger charge is -2.18. The Bertz CT molecular complexity index is 486. The number of Topliss-reactive ketones (excluding diaryl/α,β-unsaturated/α-hetero) is 1. The fourth-order valence-corrected chi connectivity index (χ4v) is 2.55. The Hall–Kier alpha value is -1.43. The van der Waals surface area contributed by atoms with Crippen LogP contribution in [0.25, 0.3) is 0 Å². The number of rotatable bonds is 11. The van der Waals surface area contributed by atoms with E-state index in [0.717, 1.165) is 0 Å². The van der Waals surface area contributed by atoms with Crippen LogP contribution in [0.3, 0.4) is 0 Å². The molecule has 24 heavy (non-hydrogen) atoms. The smallest absolute Gasteiger partial charge is 0.338 e. The molecule has 0 spiro atoms. The van der Waals surface area contributed by atoms with E-state index in [-0.39, 0.29) is 30.6 Å². The molecule has 0 radical (unpaired) electrons. The number of amides is 1. The Balaban J connectivity index is 2.54. The number of ketones is 1. The van der Waals surface area contributed by atoms with Gasteiger partial charge in [-0.3, -0.25) is 9.59 Å². The monoisotopic (exact) mass is 342 g/mol. The molecule has 1 fully saturated rings. The van der Waals surface area contributed by atoms with Gasteiger partial charge >= 0.3 is 5.97 Å². The molecule has 1 N–H and O–H groups in total. The number of hydrogen-bond donors (Lipinski definition) is 1. The first kappa shape index (κ1) is 18.9. The zero-order chi connectivity index (χ0) is 19.2. The van der Waals surface area contributed by atoms with Crippen molar-refractivity contribution in [3.63, 3.8) is 0 Å². The van der Waals surface area contributed by atoms with E-state index in [1.165, 1.54) is 0 Å². The van der Waals surface area contributed by atoms with Crippen LogP contribution in [0.4, 0.5) is 0 Å². The maximum atomic E-state index is 12.4. The molecule has 1 aliphatic heterocycles. The highest BCUT2D eigenvalue weighted by atomic mass is 16.6. The zero-order valence-corrected chi connectivity index (χ0v) is 15.4. The maximum Gasteiger partial charge on any atom is 0.338 e. The van der Waals surface area contributed by atoms with Gasteiger partial charge in [-0.2, -0.15) is 0 Å². The Labute approximate surface area is 146 Å². The summed E-state index contributed by atoms with van der Waals surface area (Å²) in [6.07, 6.45) is -0.432. The SMILES string of the molecule is [2H]C(C)(C)CCNC(=O)[C@@H](CC(=O)[C@H]1O[C@@H]1C(=O)OCC)CC(C)C. The number of esters is 1. The highest BCUT2D eigenvalue weighted by Gasteiger charge is 2.51. The molecule has 0 aromatic heterocycles. The molecule has 1 rings (SSSR count). The molecule has 0 bridgehead atoms. The number of ether oxygens (including phenoxy) is 2. The van der Waals surface area contributed by atoms with Crippen LogP contribution < -0.4 is 5.32 Å². The summed E-state index contributed by atoms with van der Waals surface area (Å²) in [5.74, 6) is -1.74. The van der Waals surface area contributed by atoms with Crippen LogP contribution in [0.1, 0.15) is 55.3 Å². The largest absolute Gasteiger partial charge is 0.464 e. The lowest BCUT2D eigenvalue weighted by Crippen LogP contribution is -2.35. The maximum absolute atomic E-state index is 12.4. The van der Waals surface area contributed by atoms with E-state index in [1.54, 1.807) is 20.8 Å². The predicted octanol–water partition coefficient (Wildman–Crippen LogP) is 2.10. The molecule has 1 amide bonds. The summed E-state index contributed by atoms with van der Waals surface area (Å²) in [4.78, 5) is 36.3. The van der Waals surface area contributed by atoms with E-state index in [1.807, 2.05) is 13.8 Å². The number of nitrogens with one attached hydrogen (secondary N) is 1. The van der Waals surface area contributed by atoms with Crippen LogP contribution in [0.5, 0.6) is 0 Å². The summed E-state index contributed by atoms with van der Waals surface area (Å²) >= 11 is 0. The topological polar surface area (TPSA) is 85.0 Å². The van der Waals surface area contributed by atoms with Crippen molar-refractivity contribution in [1.82, 2.24) is 5.32 Å². The van der Waals surface area contributed by atoms with Gasteiger partial charge in [-0.05, 0) is 31.6 Å². The highest BCUT2D eigenvalue weighted by molar-refractivity contribution is 5.96. The molecular formula is C18H31NO5. The third-order valence-corrected chi connectivity index (χ3v) is 3.83. The Morgan fingerprint density at radius 3 is 2.42 bits per heavy atom. The average molecular weight is 342 g/mol. The van der Waals surface area contributed by atoms with Crippen molar-refractivity contribution in [3.05, 3.63) is 0 Å². The molecule has 1 saturated heterocycles. The summed E-state index contributed by atoms with van der Waals surface area (Å²) in [5, 5.41) is 2.82. The molecule has 0 aliphatic carbocycles. The lowest BCUT2D eigenvalue weighted by atomic mass is 9.90. The summed E-state index contributed by atoms with van der Waals surface area (Å²) in [7, 11) is 0. The van der Waals surface area contributed by atoms with Crippen molar-refractivity contribution < 1.29 is 25.2 Å². The van der Waals surface area contributed by atoms with Crippen LogP contribution in [0, 0.1) is 17.7 Å². The molecule has 138 valence electrons. The third kappa shape index (κ3) is 6.99. The van der Waals surface area contributed by atoms with Crippen molar-refractivity contribution in [2.45, 2.75) is 66.1 Å². The quantitative estimate of drug-likeness (QED) is 0.459. The predicted molar refractivity (Wildman–Crippen MR) is 90.3 cm³/mol. The fraction of sp³-hybridized carbons (Fsp3) is 0.833. The molecule has 3 atom stereocenters. The number of carbonyl (C=O) groups is 3. The van der Waals surface area contributed by atoms with E-state index in [0.29, 0.717) is 19.4 Å². The standard InChI is InChI=1S/C18H31NO5/c1-6-23-18(22)16-15(24-16)14(20)10-13(9-12(4)5)17(21)19-8-7-11(2)3/h11-13,15-16H,6-10H2,1-5H3,(H,19,21)/t13-,15-,16+/m1/s1/i11D. The number of epoxide rings is 1. The van der Waals surface area contributed by atoms with Crippen LogP contribution >= 0.6 is 0 Å². The molecule has 0 unspecified atom stereocenters. The van der Waals surface area contributed by atoms with Gasteiger partial charge in [-0.25, -0.2) is 4.79 Å². The normalized spacial score (nSPS) is 21.8. The van der Waals surface area contributed by atoms with Gasteiger partial charge in [0.15, 0.2) is 18.0 Å². The molecule has 6 nitrogen and oxygen atoms in total. The van der Waals surface area contributed by atoms with Crippen LogP contribution in [0.2, 0.25) is 0 Å². The minimum Gasteiger partial charge on any atom is -0.464 e. The second kappa shape index (κ2) is 9.77. The van der Waals surface area contributed by atoms with Crippen molar-refractivity contribution >= 4 is 17.7 Å². The van der Waals surface area contributed by atoms with Gasteiger partial charge in [0.05, 0.1) is 6.61 Å². The van der Waals surface area contributed by atoms with Crippen molar-refractivity contribution in [2.75, 3.05) is 13.2 Å². The van der Waals surface area contributed by atoms with E-state index < -0.39 is 30.0 Å². The lowest BCUT2D eigenvalue weighted by molar-refractivity contribution is -0.144. The molecule has 0 saturated carbocycles. The number of hydrogen-bond acceptors (Lipinski definition) is 5. The Morgan fingerprint density at radius 2 is 1.88 bits per heavy atom. The van der Waals surface area contributed by atoms with Crippen LogP contribution in [0.15, 0.2) is 0 Å². The average Bonchev–Trinajstić information content (AvgIpc) is 3.25. The van der Waals surface area contributed by atoms with Gasteiger partial charge in [0, 0.05) is 20.3 Å². The molecule has 0 aromatic rings. The van der Waals surface area contributed by atoms with Gasteiger partial charge in [0.2, 0.25) is 5.91 Å². The van der Waals surface area contributed by atoms with Gasteiger partial charge in [0.25, 0.3) is 0 Å². The van der Waals surface area contributed by atoms with Crippen molar-refractivity contribution in [2.24, 2.45) is 17.7 Å². The highest BCUT2D eigenvalue weighted by Crippen LogP contribution is 2.28. The van der Waals surface area contributed by atoms with E-state index in [4.69, 9.17) is 10.8 Å².